The minimum atomic E-state index is 0.0349. The molecule has 0 saturated carbocycles. The van der Waals surface area contributed by atoms with Gasteiger partial charge >= 0.3 is 0 Å². The minimum absolute atomic E-state index is 0.0349. The molecule has 1 rings (SSSR count). The van der Waals surface area contributed by atoms with Crippen LogP contribution in [-0.2, 0) is 13.0 Å². The van der Waals surface area contributed by atoms with Crippen molar-refractivity contribution in [1.82, 2.24) is 4.98 Å². The molecule has 2 N–H and O–H groups in total. The summed E-state index contributed by atoms with van der Waals surface area (Å²) in [5.74, 6) is 0.775. The molecular weight excluding hydrogens is 152 g/mol. The van der Waals surface area contributed by atoms with E-state index in [0.29, 0.717) is 0 Å². The number of nitrogens with one attached hydrogen (secondary N) is 1. The van der Waals surface area contributed by atoms with Gasteiger partial charge < -0.3 is 10.4 Å². The highest BCUT2D eigenvalue weighted by molar-refractivity contribution is 5.43. The number of aromatic nitrogens is 1. The summed E-state index contributed by atoms with van der Waals surface area (Å²) in [7, 11) is 1.81. The maximum atomic E-state index is 8.93. The van der Waals surface area contributed by atoms with E-state index in [0.717, 1.165) is 23.5 Å². The van der Waals surface area contributed by atoms with Crippen LogP contribution in [0, 0.1) is 0 Å². The topological polar surface area (TPSA) is 45.1 Å². The molecule has 1 aromatic heterocycles. The van der Waals surface area contributed by atoms with Crippen molar-refractivity contribution in [3.05, 3.63) is 23.4 Å². The molecule has 1 heterocycles. The zero-order valence-corrected chi connectivity index (χ0v) is 7.46. The third kappa shape index (κ3) is 1.74. The predicted molar refractivity (Wildman–Crippen MR) is 49.1 cm³/mol. The highest BCUT2D eigenvalue weighted by Crippen LogP contribution is 2.12. The highest BCUT2D eigenvalue weighted by Gasteiger charge is 2.01. The quantitative estimate of drug-likeness (QED) is 0.708. The largest absolute Gasteiger partial charge is 0.392 e. The maximum Gasteiger partial charge on any atom is 0.131 e. The fraction of sp³-hybridized carbons (Fsp3) is 0.444. The van der Waals surface area contributed by atoms with Gasteiger partial charge in [0.2, 0.25) is 0 Å². The van der Waals surface area contributed by atoms with Gasteiger partial charge in [-0.25, -0.2) is 4.98 Å². The zero-order chi connectivity index (χ0) is 8.97. The van der Waals surface area contributed by atoms with Gasteiger partial charge in [-0.1, -0.05) is 13.0 Å². The van der Waals surface area contributed by atoms with Gasteiger partial charge in [0.25, 0.3) is 0 Å². The van der Waals surface area contributed by atoms with E-state index in [4.69, 9.17) is 5.11 Å². The van der Waals surface area contributed by atoms with Crippen LogP contribution in [0.2, 0.25) is 0 Å². The van der Waals surface area contributed by atoms with Crippen LogP contribution in [0.3, 0.4) is 0 Å². The average Bonchev–Trinajstić information content (AvgIpc) is 2.16. The Labute approximate surface area is 72.5 Å². The summed E-state index contributed by atoms with van der Waals surface area (Å²) in [4.78, 5) is 4.31. The molecule has 12 heavy (non-hydrogen) atoms. The molecule has 0 aliphatic heterocycles. The van der Waals surface area contributed by atoms with Crippen molar-refractivity contribution in [2.45, 2.75) is 20.0 Å². The smallest absolute Gasteiger partial charge is 0.131 e. The highest BCUT2D eigenvalue weighted by atomic mass is 16.3. The molecule has 3 nitrogen and oxygen atoms in total. The molecule has 0 unspecified atom stereocenters. The molecule has 0 aliphatic carbocycles. The zero-order valence-electron chi connectivity index (χ0n) is 7.46. The Kier molecular flexibility index (Phi) is 3.05. The van der Waals surface area contributed by atoms with Crippen molar-refractivity contribution in [2.24, 2.45) is 0 Å². The van der Waals surface area contributed by atoms with Crippen LogP contribution in [0.4, 0.5) is 5.82 Å². The molecule has 0 atom stereocenters. The normalized spacial score (nSPS) is 9.92. The molecule has 0 aliphatic rings. The number of nitrogens with zero attached hydrogens (tertiary/aromatic N) is 1. The first-order valence-electron chi connectivity index (χ1n) is 4.09. The third-order valence-electron chi connectivity index (χ3n) is 1.81. The van der Waals surface area contributed by atoms with Gasteiger partial charge in [0, 0.05) is 18.3 Å². The number of hydrogen-bond acceptors (Lipinski definition) is 3. The van der Waals surface area contributed by atoms with Crippen molar-refractivity contribution in [3.63, 3.8) is 0 Å². The van der Waals surface area contributed by atoms with Crippen LogP contribution >= 0.6 is 0 Å². The summed E-state index contributed by atoms with van der Waals surface area (Å²) in [6.07, 6.45) is 0.917. The Morgan fingerprint density at radius 3 is 2.75 bits per heavy atom. The van der Waals surface area contributed by atoms with Gasteiger partial charge in [-0.2, -0.15) is 0 Å². The molecular formula is C9H14N2O. The molecule has 0 spiro atoms. The van der Waals surface area contributed by atoms with Crippen LogP contribution < -0.4 is 5.32 Å². The Morgan fingerprint density at radius 2 is 2.25 bits per heavy atom. The summed E-state index contributed by atoms with van der Waals surface area (Å²) >= 11 is 0. The Morgan fingerprint density at radius 1 is 1.50 bits per heavy atom. The molecule has 1 aromatic rings. The molecule has 0 bridgehead atoms. The minimum Gasteiger partial charge on any atom is -0.392 e. The Hall–Kier alpha value is -1.09. The number of aliphatic hydroxyl groups is 1. The predicted octanol–water partition coefficient (Wildman–Crippen LogP) is 1.18. The van der Waals surface area contributed by atoms with E-state index in [1.807, 2.05) is 12.1 Å². The van der Waals surface area contributed by atoms with Gasteiger partial charge in [0.15, 0.2) is 0 Å². The first kappa shape index (κ1) is 9.00. The number of aliphatic hydroxyl groups excluding tert-OH is 1. The van der Waals surface area contributed by atoms with Gasteiger partial charge in [0.05, 0.1) is 6.61 Å². The fourth-order valence-electron chi connectivity index (χ4n) is 1.07. The van der Waals surface area contributed by atoms with Crippen LogP contribution in [0.25, 0.3) is 0 Å². The van der Waals surface area contributed by atoms with Crippen LogP contribution in [-0.4, -0.2) is 17.1 Å². The number of aryl methyl sites for hydroxylation is 1. The molecule has 0 fully saturated rings. The lowest BCUT2D eigenvalue weighted by molar-refractivity contribution is 0.282. The summed E-state index contributed by atoms with van der Waals surface area (Å²) in [6, 6.07) is 3.84. The van der Waals surface area contributed by atoms with Gasteiger partial charge in [-0.3, -0.25) is 0 Å². The van der Waals surface area contributed by atoms with Crippen molar-refractivity contribution in [1.29, 1.82) is 0 Å². The number of pyridine rings is 1. The monoisotopic (exact) mass is 166 g/mol. The second kappa shape index (κ2) is 4.07. The number of hydrogen-bond donors (Lipinski definition) is 2. The number of anilines is 1. The first-order chi connectivity index (χ1) is 5.81. The van der Waals surface area contributed by atoms with E-state index in [9.17, 15) is 0 Å². The molecule has 3 heteroatoms. The van der Waals surface area contributed by atoms with E-state index in [-0.39, 0.29) is 6.61 Å². The average molecular weight is 166 g/mol. The van der Waals surface area contributed by atoms with Crippen molar-refractivity contribution in [3.8, 4) is 0 Å². The second-order valence-corrected chi connectivity index (χ2v) is 2.57. The lowest BCUT2D eigenvalue weighted by Crippen LogP contribution is -2.00. The van der Waals surface area contributed by atoms with Crippen LogP contribution in [0.15, 0.2) is 12.1 Å². The van der Waals surface area contributed by atoms with E-state index < -0.39 is 0 Å². The lowest BCUT2D eigenvalue weighted by atomic mass is 10.2. The first-order valence-corrected chi connectivity index (χ1v) is 4.09. The van der Waals surface area contributed by atoms with Gasteiger partial charge in [-0.15, -0.1) is 0 Å². The van der Waals surface area contributed by atoms with E-state index in [1.54, 1.807) is 7.05 Å². The summed E-state index contributed by atoms with van der Waals surface area (Å²) < 4.78 is 0. The van der Waals surface area contributed by atoms with Crippen molar-refractivity contribution >= 4 is 5.82 Å². The maximum absolute atomic E-state index is 8.93. The molecule has 0 amide bonds. The van der Waals surface area contributed by atoms with Gasteiger partial charge in [-0.05, 0) is 12.5 Å². The summed E-state index contributed by atoms with van der Waals surface area (Å²) in [6.45, 7) is 2.09. The summed E-state index contributed by atoms with van der Waals surface area (Å²) in [5, 5.41) is 11.9. The van der Waals surface area contributed by atoms with Crippen molar-refractivity contribution in [2.75, 3.05) is 12.4 Å². The van der Waals surface area contributed by atoms with E-state index in [2.05, 4.69) is 17.2 Å². The van der Waals surface area contributed by atoms with Gasteiger partial charge in [0.1, 0.15) is 5.82 Å². The van der Waals surface area contributed by atoms with Crippen LogP contribution in [0.5, 0.6) is 0 Å². The molecule has 0 saturated heterocycles. The number of rotatable bonds is 3. The summed E-state index contributed by atoms with van der Waals surface area (Å²) in [5.41, 5.74) is 1.88. The Bertz CT molecular complexity index is 261. The third-order valence-corrected chi connectivity index (χ3v) is 1.81. The Balaban J connectivity index is 3.02. The second-order valence-electron chi connectivity index (χ2n) is 2.57. The SMILES string of the molecule is CCc1ccc(CO)c(NC)n1. The molecule has 0 radical (unpaired) electrons. The molecule has 0 aromatic carbocycles. The van der Waals surface area contributed by atoms with E-state index in [1.165, 1.54) is 0 Å². The standard InChI is InChI=1S/C9H14N2O/c1-3-8-5-4-7(6-12)9(10-2)11-8/h4-5,12H,3,6H2,1-2H3,(H,10,11). The van der Waals surface area contributed by atoms with E-state index >= 15 is 0 Å². The fourth-order valence-corrected chi connectivity index (χ4v) is 1.07. The van der Waals surface area contributed by atoms with Crippen molar-refractivity contribution < 1.29 is 5.11 Å². The molecule has 66 valence electrons. The lowest BCUT2D eigenvalue weighted by Gasteiger charge is -2.06. The van der Waals surface area contributed by atoms with Crippen LogP contribution in [0.1, 0.15) is 18.2 Å².